The molecule has 2 rings (SSSR count). The van der Waals surface area contributed by atoms with Crippen LogP contribution in [0.3, 0.4) is 0 Å². The summed E-state index contributed by atoms with van der Waals surface area (Å²) >= 11 is 3.47. The van der Waals surface area contributed by atoms with Gasteiger partial charge in [0.05, 0.1) is 12.7 Å². The second-order valence-corrected chi connectivity index (χ2v) is 4.46. The van der Waals surface area contributed by atoms with Gasteiger partial charge in [-0.15, -0.1) is 0 Å². The average Bonchev–Trinajstić information content (AvgIpc) is 2.33. The molecular formula is C13H13BrN2O. The maximum Gasteiger partial charge on any atom is 0.221 e. The van der Waals surface area contributed by atoms with Crippen molar-refractivity contribution in [2.45, 2.75) is 13.3 Å². The summed E-state index contributed by atoms with van der Waals surface area (Å²) in [4.78, 5) is 8.59. The number of nitrogens with zero attached hydrogens (tertiary/aromatic N) is 2. The van der Waals surface area contributed by atoms with Crippen molar-refractivity contribution in [3.8, 4) is 5.88 Å². The summed E-state index contributed by atoms with van der Waals surface area (Å²) in [5.74, 6) is 1.33. The zero-order valence-corrected chi connectivity index (χ0v) is 11.4. The van der Waals surface area contributed by atoms with Crippen molar-refractivity contribution in [3.05, 3.63) is 51.9 Å². The largest absolute Gasteiger partial charge is 0.481 e. The summed E-state index contributed by atoms with van der Waals surface area (Å²) in [6.45, 7) is 1.85. The average molecular weight is 293 g/mol. The maximum atomic E-state index is 5.30. The Morgan fingerprint density at radius 1 is 1.18 bits per heavy atom. The minimum absolute atomic E-state index is 0.633. The molecule has 0 fully saturated rings. The van der Waals surface area contributed by atoms with Gasteiger partial charge >= 0.3 is 0 Å². The van der Waals surface area contributed by atoms with Gasteiger partial charge in [0.1, 0.15) is 10.4 Å². The second-order valence-electron chi connectivity index (χ2n) is 3.71. The first kappa shape index (κ1) is 12.0. The van der Waals surface area contributed by atoms with Gasteiger partial charge in [-0.25, -0.2) is 4.98 Å². The molecule has 0 aliphatic heterocycles. The lowest BCUT2D eigenvalue weighted by Gasteiger charge is -2.10. The highest BCUT2D eigenvalue weighted by atomic mass is 79.9. The van der Waals surface area contributed by atoms with E-state index in [1.54, 1.807) is 7.11 Å². The number of benzene rings is 1. The molecule has 3 nitrogen and oxygen atoms in total. The molecule has 0 radical (unpaired) electrons. The van der Waals surface area contributed by atoms with Crippen LogP contribution in [0.1, 0.15) is 17.0 Å². The van der Waals surface area contributed by atoms with Gasteiger partial charge in [-0.3, -0.25) is 0 Å². The first-order chi connectivity index (χ1) is 8.20. The van der Waals surface area contributed by atoms with Gasteiger partial charge in [-0.1, -0.05) is 30.3 Å². The molecule has 0 saturated heterocycles. The zero-order valence-electron chi connectivity index (χ0n) is 9.77. The standard InChI is InChI=1S/C13H13BrN2O/c1-9-15-12(14)11(13(16-9)17-2)8-10-6-4-3-5-7-10/h3-7H,8H2,1-2H3. The van der Waals surface area contributed by atoms with E-state index in [0.29, 0.717) is 11.7 Å². The smallest absolute Gasteiger partial charge is 0.221 e. The molecule has 0 aliphatic rings. The van der Waals surface area contributed by atoms with Crippen LogP contribution >= 0.6 is 15.9 Å². The van der Waals surface area contributed by atoms with Crippen LogP contribution in [-0.4, -0.2) is 17.1 Å². The third-order valence-electron chi connectivity index (χ3n) is 2.45. The fourth-order valence-corrected chi connectivity index (χ4v) is 2.22. The highest BCUT2D eigenvalue weighted by molar-refractivity contribution is 9.10. The SMILES string of the molecule is COc1nc(C)nc(Br)c1Cc1ccccc1. The molecule has 0 unspecified atom stereocenters. The van der Waals surface area contributed by atoms with Crippen LogP contribution in [0.4, 0.5) is 0 Å². The zero-order chi connectivity index (χ0) is 12.3. The Labute approximate surface area is 109 Å². The lowest BCUT2D eigenvalue weighted by atomic mass is 10.1. The summed E-state index contributed by atoms with van der Waals surface area (Å²) in [5.41, 5.74) is 2.18. The number of aryl methyl sites for hydroxylation is 1. The topological polar surface area (TPSA) is 35.0 Å². The molecule has 2 aromatic rings. The van der Waals surface area contributed by atoms with E-state index in [1.807, 2.05) is 25.1 Å². The van der Waals surface area contributed by atoms with E-state index in [2.05, 4.69) is 38.0 Å². The summed E-state index contributed by atoms with van der Waals surface area (Å²) in [5, 5.41) is 0. The Morgan fingerprint density at radius 3 is 2.53 bits per heavy atom. The molecule has 0 atom stereocenters. The highest BCUT2D eigenvalue weighted by Crippen LogP contribution is 2.26. The number of halogens is 1. The molecule has 1 aromatic carbocycles. The molecule has 0 N–H and O–H groups in total. The summed E-state index contributed by atoms with van der Waals surface area (Å²) in [6.07, 6.45) is 0.755. The number of methoxy groups -OCH3 is 1. The van der Waals surface area contributed by atoms with Crippen molar-refractivity contribution < 1.29 is 4.74 Å². The Kier molecular flexibility index (Phi) is 3.74. The van der Waals surface area contributed by atoms with Crippen molar-refractivity contribution in [3.63, 3.8) is 0 Å². The third kappa shape index (κ3) is 2.82. The van der Waals surface area contributed by atoms with Gasteiger partial charge in [0.2, 0.25) is 5.88 Å². The molecular weight excluding hydrogens is 280 g/mol. The molecule has 17 heavy (non-hydrogen) atoms. The van der Waals surface area contributed by atoms with Gasteiger partial charge < -0.3 is 4.74 Å². The summed E-state index contributed by atoms with van der Waals surface area (Å²) < 4.78 is 6.10. The molecule has 0 saturated carbocycles. The van der Waals surface area contributed by atoms with Crippen molar-refractivity contribution in [2.75, 3.05) is 7.11 Å². The molecule has 0 bridgehead atoms. The van der Waals surface area contributed by atoms with Crippen LogP contribution < -0.4 is 4.74 Å². The van der Waals surface area contributed by atoms with Crippen molar-refractivity contribution >= 4 is 15.9 Å². The van der Waals surface area contributed by atoms with Crippen LogP contribution in [-0.2, 0) is 6.42 Å². The van der Waals surface area contributed by atoms with Crippen molar-refractivity contribution in [1.82, 2.24) is 9.97 Å². The van der Waals surface area contributed by atoms with Crippen LogP contribution in [0.15, 0.2) is 34.9 Å². The third-order valence-corrected chi connectivity index (χ3v) is 3.10. The van der Waals surface area contributed by atoms with Crippen LogP contribution in [0.2, 0.25) is 0 Å². The minimum atomic E-state index is 0.633. The molecule has 88 valence electrons. The van der Waals surface area contributed by atoms with E-state index in [0.717, 1.165) is 16.6 Å². The Balaban J connectivity index is 2.38. The number of ether oxygens (including phenoxy) is 1. The highest BCUT2D eigenvalue weighted by Gasteiger charge is 2.12. The predicted octanol–water partition coefficient (Wildman–Crippen LogP) is 3.15. The molecule has 0 aliphatic carbocycles. The first-order valence-corrected chi connectivity index (χ1v) is 6.11. The quantitative estimate of drug-likeness (QED) is 0.815. The number of hydrogen-bond donors (Lipinski definition) is 0. The van der Waals surface area contributed by atoms with E-state index in [4.69, 9.17) is 4.74 Å². The van der Waals surface area contributed by atoms with E-state index in [9.17, 15) is 0 Å². The van der Waals surface area contributed by atoms with Crippen molar-refractivity contribution in [2.24, 2.45) is 0 Å². The first-order valence-electron chi connectivity index (χ1n) is 5.31. The molecule has 1 heterocycles. The van der Waals surface area contributed by atoms with Gasteiger partial charge in [0.25, 0.3) is 0 Å². The lowest BCUT2D eigenvalue weighted by molar-refractivity contribution is 0.390. The van der Waals surface area contributed by atoms with E-state index >= 15 is 0 Å². The lowest BCUT2D eigenvalue weighted by Crippen LogP contribution is -2.02. The van der Waals surface area contributed by atoms with Gasteiger partial charge in [-0.05, 0) is 28.4 Å². The van der Waals surface area contributed by atoms with E-state index in [1.165, 1.54) is 5.56 Å². The van der Waals surface area contributed by atoms with Crippen molar-refractivity contribution in [1.29, 1.82) is 0 Å². The number of aromatic nitrogens is 2. The Bertz CT molecular complexity index is 514. The predicted molar refractivity (Wildman–Crippen MR) is 70.3 cm³/mol. The fraction of sp³-hybridized carbons (Fsp3) is 0.231. The van der Waals surface area contributed by atoms with E-state index < -0.39 is 0 Å². The monoisotopic (exact) mass is 292 g/mol. The van der Waals surface area contributed by atoms with Crippen LogP contribution in [0.5, 0.6) is 5.88 Å². The summed E-state index contributed by atoms with van der Waals surface area (Å²) in [6, 6.07) is 10.2. The maximum absolute atomic E-state index is 5.30. The fourth-order valence-electron chi connectivity index (χ4n) is 1.65. The Morgan fingerprint density at radius 2 is 1.88 bits per heavy atom. The van der Waals surface area contributed by atoms with Crippen LogP contribution in [0, 0.1) is 6.92 Å². The number of rotatable bonds is 3. The molecule has 1 aromatic heterocycles. The van der Waals surface area contributed by atoms with Gasteiger partial charge in [0.15, 0.2) is 0 Å². The molecule has 4 heteroatoms. The normalized spacial score (nSPS) is 10.3. The van der Waals surface area contributed by atoms with Gasteiger partial charge in [0, 0.05) is 6.42 Å². The summed E-state index contributed by atoms with van der Waals surface area (Å²) in [7, 11) is 1.63. The minimum Gasteiger partial charge on any atom is -0.481 e. The van der Waals surface area contributed by atoms with E-state index in [-0.39, 0.29) is 0 Å². The van der Waals surface area contributed by atoms with Crippen LogP contribution in [0.25, 0.3) is 0 Å². The Hall–Kier alpha value is -1.42. The molecule has 0 amide bonds. The second kappa shape index (κ2) is 5.27. The van der Waals surface area contributed by atoms with Gasteiger partial charge in [-0.2, -0.15) is 4.98 Å². The number of hydrogen-bond acceptors (Lipinski definition) is 3. The molecule has 0 spiro atoms.